The number of rotatable bonds is 10. The molecule has 1 unspecified atom stereocenters. The minimum Gasteiger partial charge on any atom is -0.496 e. The molecule has 2 aromatic rings. The number of hydrogen-bond acceptors (Lipinski definition) is 4. The van der Waals surface area contributed by atoms with E-state index in [0.717, 1.165) is 0 Å². The maximum absolute atomic E-state index is 12.4. The van der Waals surface area contributed by atoms with Gasteiger partial charge in [0.15, 0.2) is 0 Å². The average molecular weight is 370 g/mol. The van der Waals surface area contributed by atoms with Crippen LogP contribution in [0.25, 0.3) is 0 Å². The van der Waals surface area contributed by atoms with Crippen LogP contribution in [0, 0.1) is 0 Å². The Bertz CT molecular complexity index is 734. The summed E-state index contributed by atoms with van der Waals surface area (Å²) < 4.78 is 10.9. The normalized spacial score (nSPS) is 11.5. The number of methoxy groups -OCH3 is 1. The molecule has 0 aliphatic carbocycles. The smallest absolute Gasteiger partial charge is 0.255 e. The van der Waals surface area contributed by atoms with E-state index in [4.69, 9.17) is 9.47 Å². The summed E-state index contributed by atoms with van der Waals surface area (Å²) in [4.78, 5) is 24.5. The lowest BCUT2D eigenvalue weighted by Gasteiger charge is -2.18. The molecule has 2 N–H and O–H groups in total. The minimum absolute atomic E-state index is 0.121. The predicted octanol–water partition coefficient (Wildman–Crippen LogP) is 2.65. The first-order valence-corrected chi connectivity index (χ1v) is 9.01. The van der Waals surface area contributed by atoms with E-state index in [2.05, 4.69) is 10.6 Å². The lowest BCUT2D eigenvalue weighted by molar-refractivity contribution is 0.0534. The highest BCUT2D eigenvalue weighted by atomic mass is 16.5. The van der Waals surface area contributed by atoms with E-state index in [0.29, 0.717) is 43.0 Å². The monoisotopic (exact) mass is 370 g/mol. The second kappa shape index (κ2) is 11.0. The van der Waals surface area contributed by atoms with E-state index in [9.17, 15) is 9.59 Å². The highest BCUT2D eigenvalue weighted by Gasteiger charge is 2.15. The van der Waals surface area contributed by atoms with E-state index in [1.165, 1.54) is 7.11 Å². The van der Waals surface area contributed by atoms with Crippen LogP contribution in [0.2, 0.25) is 0 Å². The molecule has 2 rings (SSSR count). The molecule has 0 spiro atoms. The van der Waals surface area contributed by atoms with Gasteiger partial charge in [0.05, 0.1) is 18.8 Å². The molecule has 144 valence electrons. The number of hydrogen-bond donors (Lipinski definition) is 2. The molecule has 0 radical (unpaired) electrons. The maximum atomic E-state index is 12.4. The zero-order valence-corrected chi connectivity index (χ0v) is 15.7. The van der Waals surface area contributed by atoms with Gasteiger partial charge in [-0.25, -0.2) is 0 Å². The van der Waals surface area contributed by atoms with Crippen LogP contribution in [0.5, 0.6) is 5.75 Å². The quantitative estimate of drug-likeness (QED) is 0.674. The number of carbonyl (C=O) groups excluding carboxylic acids is 2. The Morgan fingerprint density at radius 2 is 1.67 bits per heavy atom. The summed E-state index contributed by atoms with van der Waals surface area (Å²) in [5.74, 6) is 0.187. The van der Waals surface area contributed by atoms with Crippen molar-refractivity contribution >= 4 is 11.8 Å². The molecule has 2 amide bonds. The minimum atomic E-state index is -0.217. The topological polar surface area (TPSA) is 76.7 Å². The summed E-state index contributed by atoms with van der Waals surface area (Å²) in [6, 6.07) is 16.1. The standard InChI is InChI=1S/C21H26N2O4/c1-3-27-17(13-14-22-20(24)16-9-5-4-6-10-16)15-23-21(25)18-11-7-8-12-19(18)26-2/h4-12,17H,3,13-15H2,1-2H3,(H,22,24)(H,23,25). The summed E-state index contributed by atoms with van der Waals surface area (Å²) in [5.41, 5.74) is 1.10. The van der Waals surface area contributed by atoms with E-state index in [1.54, 1.807) is 30.3 Å². The number of ether oxygens (including phenoxy) is 2. The number of nitrogens with one attached hydrogen (secondary N) is 2. The van der Waals surface area contributed by atoms with Crippen LogP contribution < -0.4 is 15.4 Å². The van der Waals surface area contributed by atoms with Gasteiger partial charge in [-0.3, -0.25) is 9.59 Å². The van der Waals surface area contributed by atoms with Gasteiger partial charge in [0.25, 0.3) is 11.8 Å². The van der Waals surface area contributed by atoms with Crippen LogP contribution in [0.3, 0.4) is 0 Å². The van der Waals surface area contributed by atoms with E-state index in [-0.39, 0.29) is 17.9 Å². The van der Waals surface area contributed by atoms with Gasteiger partial charge < -0.3 is 20.1 Å². The first-order chi connectivity index (χ1) is 13.2. The summed E-state index contributed by atoms with van der Waals surface area (Å²) in [5, 5.41) is 5.75. The SMILES string of the molecule is CCOC(CCNC(=O)c1ccccc1)CNC(=O)c1ccccc1OC. The Hall–Kier alpha value is -2.86. The summed E-state index contributed by atoms with van der Waals surface area (Å²) in [6.07, 6.45) is 0.406. The summed E-state index contributed by atoms with van der Waals surface area (Å²) >= 11 is 0. The van der Waals surface area contributed by atoms with Crippen molar-refractivity contribution in [3.63, 3.8) is 0 Å². The Labute approximate surface area is 159 Å². The van der Waals surface area contributed by atoms with Gasteiger partial charge in [0, 0.05) is 25.3 Å². The van der Waals surface area contributed by atoms with Gasteiger partial charge in [-0.1, -0.05) is 30.3 Å². The summed E-state index contributed by atoms with van der Waals surface area (Å²) in [6.45, 7) is 3.24. The Balaban J connectivity index is 1.82. The molecule has 27 heavy (non-hydrogen) atoms. The number of amides is 2. The Kier molecular flexibility index (Phi) is 8.32. The van der Waals surface area contributed by atoms with E-state index < -0.39 is 0 Å². The first-order valence-electron chi connectivity index (χ1n) is 9.01. The number of carbonyl (C=O) groups is 2. The van der Waals surface area contributed by atoms with Gasteiger partial charge >= 0.3 is 0 Å². The Morgan fingerprint density at radius 3 is 2.37 bits per heavy atom. The Morgan fingerprint density at radius 1 is 0.963 bits per heavy atom. The fourth-order valence-corrected chi connectivity index (χ4v) is 2.65. The van der Waals surface area contributed by atoms with Gasteiger partial charge in [0.2, 0.25) is 0 Å². The number of benzene rings is 2. The van der Waals surface area contributed by atoms with Crippen LogP contribution in [0.15, 0.2) is 54.6 Å². The van der Waals surface area contributed by atoms with E-state index >= 15 is 0 Å². The molecule has 0 fully saturated rings. The van der Waals surface area contributed by atoms with Crippen LogP contribution in [-0.2, 0) is 4.74 Å². The highest BCUT2D eigenvalue weighted by molar-refractivity contribution is 5.97. The number of para-hydroxylation sites is 1. The van der Waals surface area contributed by atoms with Gasteiger partial charge in [0.1, 0.15) is 5.75 Å². The lowest BCUT2D eigenvalue weighted by atomic mass is 10.1. The zero-order valence-electron chi connectivity index (χ0n) is 15.7. The molecule has 0 heterocycles. The van der Waals surface area contributed by atoms with Crippen LogP contribution in [0.4, 0.5) is 0 Å². The van der Waals surface area contributed by atoms with Crippen molar-refractivity contribution in [3.05, 3.63) is 65.7 Å². The molecule has 2 aromatic carbocycles. The second-order valence-electron chi connectivity index (χ2n) is 5.90. The maximum Gasteiger partial charge on any atom is 0.255 e. The molecule has 0 aromatic heterocycles. The molecule has 0 aliphatic heterocycles. The van der Waals surface area contributed by atoms with Crippen molar-refractivity contribution in [3.8, 4) is 5.75 Å². The van der Waals surface area contributed by atoms with Gasteiger partial charge in [-0.2, -0.15) is 0 Å². The fraction of sp³-hybridized carbons (Fsp3) is 0.333. The third-order valence-corrected chi connectivity index (χ3v) is 4.03. The van der Waals surface area contributed by atoms with Gasteiger partial charge in [-0.15, -0.1) is 0 Å². The van der Waals surface area contributed by atoms with Crippen molar-refractivity contribution in [2.45, 2.75) is 19.4 Å². The van der Waals surface area contributed by atoms with Crippen LogP contribution in [0.1, 0.15) is 34.1 Å². The predicted molar refractivity (Wildman–Crippen MR) is 104 cm³/mol. The van der Waals surface area contributed by atoms with Crippen LogP contribution in [-0.4, -0.2) is 44.7 Å². The molecular formula is C21H26N2O4. The second-order valence-corrected chi connectivity index (χ2v) is 5.90. The van der Waals surface area contributed by atoms with Crippen molar-refractivity contribution in [2.24, 2.45) is 0 Å². The molecule has 1 atom stereocenters. The third-order valence-electron chi connectivity index (χ3n) is 4.03. The fourth-order valence-electron chi connectivity index (χ4n) is 2.65. The molecule has 0 saturated carbocycles. The molecule has 6 heteroatoms. The largest absolute Gasteiger partial charge is 0.496 e. The van der Waals surface area contributed by atoms with Crippen molar-refractivity contribution < 1.29 is 19.1 Å². The molecular weight excluding hydrogens is 344 g/mol. The molecule has 0 saturated heterocycles. The third kappa shape index (κ3) is 6.42. The van der Waals surface area contributed by atoms with Crippen molar-refractivity contribution in [2.75, 3.05) is 26.8 Å². The zero-order chi connectivity index (χ0) is 19.5. The van der Waals surface area contributed by atoms with Crippen molar-refractivity contribution in [1.82, 2.24) is 10.6 Å². The van der Waals surface area contributed by atoms with Gasteiger partial charge in [-0.05, 0) is 37.6 Å². The molecule has 0 aliphatic rings. The molecule has 6 nitrogen and oxygen atoms in total. The molecule has 0 bridgehead atoms. The van der Waals surface area contributed by atoms with E-state index in [1.807, 2.05) is 31.2 Å². The summed E-state index contributed by atoms with van der Waals surface area (Å²) in [7, 11) is 1.53. The lowest BCUT2D eigenvalue weighted by Crippen LogP contribution is -2.36. The highest BCUT2D eigenvalue weighted by Crippen LogP contribution is 2.16. The van der Waals surface area contributed by atoms with Crippen molar-refractivity contribution in [1.29, 1.82) is 0 Å². The van der Waals surface area contributed by atoms with Crippen LogP contribution >= 0.6 is 0 Å². The first kappa shape index (κ1) is 20.5. The average Bonchev–Trinajstić information content (AvgIpc) is 2.72.